The van der Waals surface area contributed by atoms with E-state index in [0.717, 1.165) is 0 Å². The van der Waals surface area contributed by atoms with Gasteiger partial charge in [-0.3, -0.25) is 0 Å². The van der Waals surface area contributed by atoms with Gasteiger partial charge in [-0.2, -0.15) is 4.72 Å². The predicted molar refractivity (Wildman–Crippen MR) is 75.7 cm³/mol. The van der Waals surface area contributed by atoms with Crippen molar-refractivity contribution in [1.82, 2.24) is 4.72 Å². The fourth-order valence-corrected chi connectivity index (χ4v) is 3.00. The number of benzene rings is 1. The van der Waals surface area contributed by atoms with E-state index in [1.165, 1.54) is 24.3 Å². The maximum Gasteiger partial charge on any atom is 0.241 e. The van der Waals surface area contributed by atoms with Gasteiger partial charge < -0.3 is 5.11 Å². The van der Waals surface area contributed by atoms with Gasteiger partial charge in [-0.05, 0) is 42.9 Å². The van der Waals surface area contributed by atoms with Crippen LogP contribution in [0.5, 0.6) is 0 Å². The minimum Gasteiger partial charge on any atom is -0.501 e. The second-order valence-electron chi connectivity index (χ2n) is 3.75. The number of hydrogen-bond donors (Lipinski definition) is 2. The summed E-state index contributed by atoms with van der Waals surface area (Å²) in [5.41, 5.74) is 0. The number of aliphatic hydroxyl groups is 1. The van der Waals surface area contributed by atoms with E-state index in [1.807, 2.05) is 6.92 Å². The highest BCUT2D eigenvalue weighted by atomic mass is 35.5. The van der Waals surface area contributed by atoms with E-state index in [2.05, 4.69) is 16.9 Å². The first-order chi connectivity index (χ1) is 8.36. The Bertz CT molecular complexity index is 514. The van der Waals surface area contributed by atoms with Crippen molar-refractivity contribution in [2.24, 2.45) is 0 Å². The molecule has 0 aliphatic heterocycles. The molecule has 0 aliphatic carbocycles. The lowest BCUT2D eigenvalue weighted by Gasteiger charge is -2.15. The molecule has 1 atom stereocenters. The zero-order chi connectivity index (χ0) is 13.8. The Balaban J connectivity index is 2.93. The van der Waals surface area contributed by atoms with Crippen LogP contribution in [0.4, 0.5) is 0 Å². The summed E-state index contributed by atoms with van der Waals surface area (Å²) in [5, 5.41) is 9.38. The van der Waals surface area contributed by atoms with Crippen LogP contribution in [0.2, 0.25) is 5.02 Å². The Labute approximate surface area is 117 Å². The molecule has 0 spiro atoms. The highest BCUT2D eigenvalue weighted by Gasteiger charge is 2.22. The summed E-state index contributed by atoms with van der Waals surface area (Å²) in [6.07, 6.45) is 1.15. The van der Waals surface area contributed by atoms with Gasteiger partial charge in [0.25, 0.3) is 0 Å². The van der Waals surface area contributed by atoms with Gasteiger partial charge in [0, 0.05) is 5.02 Å². The molecule has 0 bridgehead atoms. The Morgan fingerprint density at radius 3 is 2.44 bits per heavy atom. The molecule has 0 radical (unpaired) electrons. The van der Waals surface area contributed by atoms with Gasteiger partial charge in [-0.1, -0.05) is 24.9 Å². The smallest absolute Gasteiger partial charge is 0.241 e. The predicted octanol–water partition coefficient (Wildman–Crippen LogP) is 2.67. The average molecular weight is 308 g/mol. The van der Waals surface area contributed by atoms with Crippen molar-refractivity contribution in [1.29, 1.82) is 0 Å². The SMILES string of the molecule is CCCC(NS(=O)(=O)c1ccc(Cl)cc1)C(O)=S. The van der Waals surface area contributed by atoms with Crippen LogP contribution in [0.1, 0.15) is 19.8 Å². The molecule has 0 fully saturated rings. The van der Waals surface area contributed by atoms with Crippen LogP contribution in [-0.2, 0) is 10.0 Å². The lowest BCUT2D eigenvalue weighted by molar-refractivity contribution is 0.497. The number of rotatable bonds is 6. The third kappa shape index (κ3) is 4.20. The molecule has 1 aromatic carbocycles. The lowest BCUT2D eigenvalue weighted by atomic mass is 10.2. The average Bonchev–Trinajstić information content (AvgIpc) is 2.28. The van der Waals surface area contributed by atoms with Crippen molar-refractivity contribution in [2.45, 2.75) is 30.7 Å². The molecule has 1 unspecified atom stereocenters. The molecule has 1 rings (SSSR count). The maximum absolute atomic E-state index is 12.0. The molecule has 100 valence electrons. The molecular weight excluding hydrogens is 294 g/mol. The Hall–Kier alpha value is -0.690. The van der Waals surface area contributed by atoms with Gasteiger partial charge in [0.1, 0.15) is 0 Å². The molecule has 0 saturated heterocycles. The number of sulfonamides is 1. The van der Waals surface area contributed by atoms with Crippen LogP contribution in [0.15, 0.2) is 29.2 Å². The van der Waals surface area contributed by atoms with Crippen LogP contribution < -0.4 is 4.72 Å². The minimum atomic E-state index is -3.70. The third-order valence-electron chi connectivity index (χ3n) is 2.30. The molecule has 0 heterocycles. The van der Waals surface area contributed by atoms with E-state index < -0.39 is 16.1 Å². The van der Waals surface area contributed by atoms with Gasteiger partial charge in [0.05, 0.1) is 10.9 Å². The van der Waals surface area contributed by atoms with Crippen molar-refractivity contribution in [3.05, 3.63) is 29.3 Å². The summed E-state index contributed by atoms with van der Waals surface area (Å²) in [6, 6.07) is 5.03. The molecule has 18 heavy (non-hydrogen) atoms. The molecule has 1 aromatic rings. The van der Waals surface area contributed by atoms with Crippen molar-refractivity contribution in [3.63, 3.8) is 0 Å². The molecular formula is C11H14ClNO3S2. The molecule has 0 aliphatic rings. The number of halogens is 1. The molecule has 0 saturated carbocycles. The summed E-state index contributed by atoms with van der Waals surface area (Å²) < 4.78 is 26.4. The lowest BCUT2D eigenvalue weighted by Crippen LogP contribution is -2.39. The van der Waals surface area contributed by atoms with Gasteiger partial charge >= 0.3 is 0 Å². The van der Waals surface area contributed by atoms with E-state index in [0.29, 0.717) is 17.9 Å². The first kappa shape index (κ1) is 15.4. The Kier molecular flexibility index (Phi) is 5.52. The number of aliphatic hydroxyl groups excluding tert-OH is 1. The van der Waals surface area contributed by atoms with E-state index in [-0.39, 0.29) is 9.95 Å². The Morgan fingerprint density at radius 1 is 1.44 bits per heavy atom. The minimum absolute atomic E-state index is 0.0873. The molecule has 0 amide bonds. The fourth-order valence-electron chi connectivity index (χ4n) is 1.39. The highest BCUT2D eigenvalue weighted by Crippen LogP contribution is 2.15. The monoisotopic (exact) mass is 307 g/mol. The quantitative estimate of drug-likeness (QED) is 0.793. The van der Waals surface area contributed by atoms with Gasteiger partial charge in [0.2, 0.25) is 10.0 Å². The summed E-state index contributed by atoms with van der Waals surface area (Å²) in [6.45, 7) is 1.88. The standard InChI is InChI=1S/C11H14ClNO3S2/c1-2-3-10(11(14)17)13-18(15,16)9-6-4-8(12)5-7-9/h4-7,10,13H,2-3H2,1H3,(H,14,17). The largest absolute Gasteiger partial charge is 0.501 e. The fraction of sp³-hybridized carbons (Fsp3) is 0.364. The second-order valence-corrected chi connectivity index (χ2v) is 6.32. The van der Waals surface area contributed by atoms with Crippen molar-refractivity contribution < 1.29 is 13.5 Å². The summed E-state index contributed by atoms with van der Waals surface area (Å²) in [4.78, 5) is 0.0873. The number of nitrogens with one attached hydrogen (secondary N) is 1. The van der Waals surface area contributed by atoms with Crippen LogP contribution in [0.25, 0.3) is 0 Å². The molecule has 4 nitrogen and oxygen atoms in total. The summed E-state index contributed by atoms with van der Waals surface area (Å²) >= 11 is 10.3. The number of hydrogen-bond acceptors (Lipinski definition) is 3. The third-order valence-corrected chi connectivity index (χ3v) is 4.32. The topological polar surface area (TPSA) is 66.4 Å². The summed E-state index contributed by atoms with van der Waals surface area (Å²) in [7, 11) is -3.70. The first-order valence-electron chi connectivity index (χ1n) is 5.37. The van der Waals surface area contributed by atoms with E-state index in [1.54, 1.807) is 0 Å². The van der Waals surface area contributed by atoms with Gasteiger partial charge in [-0.25, -0.2) is 8.42 Å². The normalized spacial score (nSPS) is 13.2. The van der Waals surface area contributed by atoms with Gasteiger partial charge in [-0.15, -0.1) is 0 Å². The van der Waals surface area contributed by atoms with Crippen molar-refractivity contribution in [2.75, 3.05) is 0 Å². The van der Waals surface area contributed by atoms with Crippen LogP contribution in [-0.4, -0.2) is 24.6 Å². The highest BCUT2D eigenvalue weighted by molar-refractivity contribution is 7.89. The Morgan fingerprint density at radius 2 is 2.00 bits per heavy atom. The van der Waals surface area contributed by atoms with E-state index in [4.69, 9.17) is 11.6 Å². The van der Waals surface area contributed by atoms with Gasteiger partial charge in [0.15, 0.2) is 5.05 Å². The van der Waals surface area contributed by atoms with Crippen molar-refractivity contribution >= 4 is 38.9 Å². The number of thiocarbonyl (C=S) groups is 1. The molecule has 7 heteroatoms. The second kappa shape index (κ2) is 6.47. The first-order valence-corrected chi connectivity index (χ1v) is 7.64. The zero-order valence-electron chi connectivity index (χ0n) is 9.76. The van der Waals surface area contributed by atoms with Crippen LogP contribution >= 0.6 is 23.8 Å². The van der Waals surface area contributed by atoms with Crippen molar-refractivity contribution in [3.8, 4) is 0 Å². The van der Waals surface area contributed by atoms with E-state index in [9.17, 15) is 13.5 Å². The molecule has 2 N–H and O–H groups in total. The maximum atomic E-state index is 12.0. The van der Waals surface area contributed by atoms with E-state index >= 15 is 0 Å². The summed E-state index contributed by atoms with van der Waals surface area (Å²) in [5.74, 6) is 0. The molecule has 0 aromatic heterocycles. The zero-order valence-corrected chi connectivity index (χ0v) is 12.1. The van der Waals surface area contributed by atoms with Crippen LogP contribution in [0, 0.1) is 0 Å². The van der Waals surface area contributed by atoms with Crippen LogP contribution in [0.3, 0.4) is 0 Å².